The van der Waals surface area contributed by atoms with Crippen LogP contribution in [0.1, 0.15) is 34.5 Å². The van der Waals surface area contributed by atoms with E-state index in [-0.39, 0.29) is 11.8 Å². The number of anilines is 1. The molecule has 188 valence electrons. The van der Waals surface area contributed by atoms with Gasteiger partial charge in [0.25, 0.3) is 5.91 Å². The summed E-state index contributed by atoms with van der Waals surface area (Å²) in [7, 11) is 2.06. The predicted molar refractivity (Wildman–Crippen MR) is 155 cm³/mol. The summed E-state index contributed by atoms with van der Waals surface area (Å²) in [6, 6.07) is 32.5. The summed E-state index contributed by atoms with van der Waals surface area (Å²) < 4.78 is 3.06. The average Bonchev–Trinajstić information content (AvgIpc) is 3.39. The molecule has 0 fully saturated rings. The SMILES string of the molecule is CC(C(=O)Nc1cccc(Br)c1)N1C(=O)c2ccccc2C1c1c(-c2ccccc2)n(C)c2ccccc12. The number of amides is 2. The van der Waals surface area contributed by atoms with Gasteiger partial charge in [-0.3, -0.25) is 9.59 Å². The Morgan fingerprint density at radius 2 is 1.61 bits per heavy atom. The largest absolute Gasteiger partial charge is 0.343 e. The van der Waals surface area contributed by atoms with Gasteiger partial charge in [-0.2, -0.15) is 0 Å². The molecule has 5 aromatic rings. The number of rotatable bonds is 5. The van der Waals surface area contributed by atoms with E-state index in [1.807, 2.05) is 78.9 Å². The van der Waals surface area contributed by atoms with Crippen LogP contribution >= 0.6 is 15.9 Å². The molecule has 0 saturated heterocycles. The molecule has 0 bridgehead atoms. The fourth-order valence-corrected chi connectivity index (χ4v) is 6.01. The lowest BCUT2D eigenvalue weighted by Crippen LogP contribution is -2.44. The summed E-state index contributed by atoms with van der Waals surface area (Å²) in [6.45, 7) is 1.80. The minimum atomic E-state index is -0.721. The highest BCUT2D eigenvalue weighted by molar-refractivity contribution is 9.10. The maximum atomic E-state index is 14.0. The number of hydrogen-bond donors (Lipinski definition) is 1. The lowest BCUT2D eigenvalue weighted by molar-refractivity contribution is -0.120. The summed E-state index contributed by atoms with van der Waals surface area (Å²) in [6.07, 6.45) is 0. The molecule has 0 spiro atoms. The number of aromatic nitrogens is 1. The molecule has 38 heavy (non-hydrogen) atoms. The van der Waals surface area contributed by atoms with Gasteiger partial charge in [0.1, 0.15) is 6.04 Å². The van der Waals surface area contributed by atoms with Gasteiger partial charge in [0.15, 0.2) is 0 Å². The van der Waals surface area contributed by atoms with Crippen molar-refractivity contribution in [2.45, 2.75) is 19.0 Å². The summed E-state index contributed by atoms with van der Waals surface area (Å²) in [5.74, 6) is -0.384. The molecule has 1 N–H and O–H groups in total. The van der Waals surface area contributed by atoms with E-state index in [0.717, 1.165) is 37.8 Å². The number of nitrogens with one attached hydrogen (secondary N) is 1. The third kappa shape index (κ3) is 3.92. The Hall–Kier alpha value is -4.16. The van der Waals surface area contributed by atoms with Crippen molar-refractivity contribution in [2.24, 2.45) is 7.05 Å². The van der Waals surface area contributed by atoms with E-state index in [9.17, 15) is 9.59 Å². The van der Waals surface area contributed by atoms with Gasteiger partial charge in [-0.15, -0.1) is 0 Å². The first kappa shape index (κ1) is 24.2. The molecule has 0 aliphatic carbocycles. The second kappa shape index (κ2) is 9.62. The molecule has 1 aliphatic rings. The van der Waals surface area contributed by atoms with Crippen molar-refractivity contribution in [3.63, 3.8) is 0 Å². The molecule has 5 nitrogen and oxygen atoms in total. The van der Waals surface area contributed by atoms with Crippen LogP contribution in [0.3, 0.4) is 0 Å². The molecule has 6 heteroatoms. The Morgan fingerprint density at radius 1 is 0.895 bits per heavy atom. The number of halogens is 1. The van der Waals surface area contributed by atoms with Crippen LogP contribution in [0, 0.1) is 0 Å². The Labute approximate surface area is 229 Å². The van der Waals surface area contributed by atoms with E-state index in [2.05, 4.69) is 57.1 Å². The summed E-state index contributed by atoms with van der Waals surface area (Å²) in [5, 5.41) is 4.06. The second-order valence-corrected chi connectivity index (χ2v) is 10.5. The number of fused-ring (bicyclic) bond motifs is 2. The first-order chi connectivity index (χ1) is 18.5. The fraction of sp³-hybridized carbons (Fsp3) is 0.125. The van der Waals surface area contributed by atoms with Crippen LogP contribution in [0.25, 0.3) is 22.2 Å². The van der Waals surface area contributed by atoms with Gasteiger partial charge in [-0.05, 0) is 48.4 Å². The third-order valence-electron chi connectivity index (χ3n) is 7.35. The van der Waals surface area contributed by atoms with Crippen molar-refractivity contribution in [2.75, 3.05) is 5.32 Å². The number of benzene rings is 4. The van der Waals surface area contributed by atoms with Gasteiger partial charge < -0.3 is 14.8 Å². The van der Waals surface area contributed by atoms with Crippen LogP contribution in [0.2, 0.25) is 0 Å². The summed E-state index contributed by atoms with van der Waals surface area (Å²) in [5.41, 5.74) is 6.40. The van der Waals surface area contributed by atoms with Crippen molar-refractivity contribution in [3.8, 4) is 11.3 Å². The number of nitrogens with zero attached hydrogens (tertiary/aromatic N) is 2. The average molecular weight is 564 g/mol. The molecule has 1 aromatic heterocycles. The maximum Gasteiger partial charge on any atom is 0.255 e. The molecular formula is C32H26BrN3O2. The smallest absolute Gasteiger partial charge is 0.255 e. The molecule has 0 radical (unpaired) electrons. The highest BCUT2D eigenvalue weighted by Crippen LogP contribution is 2.47. The van der Waals surface area contributed by atoms with E-state index in [4.69, 9.17) is 0 Å². The maximum absolute atomic E-state index is 14.0. The van der Waals surface area contributed by atoms with Gasteiger partial charge in [-0.25, -0.2) is 0 Å². The topological polar surface area (TPSA) is 54.3 Å². The number of hydrogen-bond acceptors (Lipinski definition) is 2. The Kier molecular flexibility index (Phi) is 6.12. The first-order valence-corrected chi connectivity index (χ1v) is 13.4. The van der Waals surface area contributed by atoms with E-state index in [0.29, 0.717) is 11.3 Å². The molecular weight excluding hydrogens is 538 g/mol. The highest BCUT2D eigenvalue weighted by Gasteiger charge is 2.44. The van der Waals surface area contributed by atoms with Crippen LogP contribution in [0.5, 0.6) is 0 Å². The lowest BCUT2D eigenvalue weighted by Gasteiger charge is -2.31. The molecule has 2 heterocycles. The van der Waals surface area contributed by atoms with Crippen molar-refractivity contribution < 1.29 is 9.59 Å². The predicted octanol–water partition coefficient (Wildman–Crippen LogP) is 7.18. The van der Waals surface area contributed by atoms with Crippen molar-refractivity contribution >= 4 is 44.3 Å². The van der Waals surface area contributed by atoms with Crippen molar-refractivity contribution in [1.82, 2.24) is 9.47 Å². The molecule has 2 unspecified atom stereocenters. The number of carbonyl (C=O) groups is 2. The van der Waals surface area contributed by atoms with Gasteiger partial charge in [0, 0.05) is 39.2 Å². The zero-order valence-electron chi connectivity index (χ0n) is 21.1. The van der Waals surface area contributed by atoms with E-state index >= 15 is 0 Å². The fourth-order valence-electron chi connectivity index (χ4n) is 5.61. The van der Waals surface area contributed by atoms with Crippen LogP contribution in [-0.4, -0.2) is 27.3 Å². The normalized spacial score (nSPS) is 15.5. The molecule has 6 rings (SSSR count). The molecule has 2 amide bonds. The zero-order valence-corrected chi connectivity index (χ0v) is 22.6. The first-order valence-electron chi connectivity index (χ1n) is 12.6. The third-order valence-corrected chi connectivity index (χ3v) is 7.85. The van der Waals surface area contributed by atoms with E-state index in [1.54, 1.807) is 11.8 Å². The van der Waals surface area contributed by atoms with E-state index in [1.165, 1.54) is 0 Å². The van der Waals surface area contributed by atoms with Crippen LogP contribution in [0.15, 0.2) is 108 Å². The number of carbonyl (C=O) groups excluding carboxylic acids is 2. The standard InChI is InChI=1S/C32H26BrN3O2/c1-20(31(37)34-23-14-10-13-22(33)19-23)36-30(24-15-6-7-16-25(24)32(36)38)28-26-17-8-9-18-27(26)35(2)29(28)21-11-4-3-5-12-21/h3-20,30H,1-2H3,(H,34,37). The number of para-hydroxylation sites is 1. The highest BCUT2D eigenvalue weighted by atomic mass is 79.9. The van der Waals surface area contributed by atoms with E-state index < -0.39 is 12.1 Å². The molecule has 2 atom stereocenters. The van der Waals surface area contributed by atoms with Crippen molar-refractivity contribution in [3.05, 3.63) is 124 Å². The summed E-state index contributed by atoms with van der Waals surface area (Å²) >= 11 is 3.46. The lowest BCUT2D eigenvalue weighted by atomic mass is 9.92. The van der Waals surface area contributed by atoms with Crippen molar-refractivity contribution in [1.29, 1.82) is 0 Å². The van der Waals surface area contributed by atoms with Crippen LogP contribution in [0.4, 0.5) is 5.69 Å². The van der Waals surface area contributed by atoms with Gasteiger partial charge in [-0.1, -0.05) is 88.7 Å². The zero-order chi connectivity index (χ0) is 26.4. The quantitative estimate of drug-likeness (QED) is 0.246. The van der Waals surface area contributed by atoms with Gasteiger partial charge in [0.05, 0.1) is 11.7 Å². The monoisotopic (exact) mass is 563 g/mol. The Balaban J connectivity index is 1.54. The minimum absolute atomic E-state index is 0.144. The van der Waals surface area contributed by atoms with Crippen LogP contribution in [-0.2, 0) is 11.8 Å². The minimum Gasteiger partial charge on any atom is -0.343 e. The molecule has 0 saturated carbocycles. The molecule has 1 aliphatic heterocycles. The Morgan fingerprint density at radius 3 is 2.39 bits per heavy atom. The van der Waals surface area contributed by atoms with Crippen LogP contribution < -0.4 is 5.32 Å². The Bertz CT molecular complexity index is 1690. The molecule has 4 aromatic carbocycles. The second-order valence-electron chi connectivity index (χ2n) is 9.58. The van der Waals surface area contributed by atoms with Gasteiger partial charge in [0.2, 0.25) is 5.91 Å². The number of aryl methyl sites for hydroxylation is 1. The van der Waals surface area contributed by atoms with Gasteiger partial charge >= 0.3 is 0 Å². The summed E-state index contributed by atoms with van der Waals surface area (Å²) in [4.78, 5) is 29.3.